The summed E-state index contributed by atoms with van der Waals surface area (Å²) < 4.78 is 55.4. The van der Waals surface area contributed by atoms with Gasteiger partial charge in [0.2, 0.25) is 0 Å². The molecule has 194 valence electrons. The van der Waals surface area contributed by atoms with Gasteiger partial charge in [0.25, 0.3) is 0 Å². The van der Waals surface area contributed by atoms with Crippen LogP contribution in [0.15, 0.2) is 60.4 Å². The van der Waals surface area contributed by atoms with Gasteiger partial charge in [-0.3, -0.25) is 0 Å². The molecule has 1 aliphatic carbocycles. The van der Waals surface area contributed by atoms with Crippen LogP contribution in [0.25, 0.3) is 0 Å². The molecule has 2 aromatic carbocycles. The van der Waals surface area contributed by atoms with Gasteiger partial charge in [0.05, 0.1) is 7.11 Å². The first kappa shape index (κ1) is 26.4. The van der Waals surface area contributed by atoms with Crippen LogP contribution < -0.4 is 9.47 Å². The minimum Gasteiger partial charge on any atom is -0.493 e. The van der Waals surface area contributed by atoms with Crippen LogP contribution in [0.2, 0.25) is 5.02 Å². The van der Waals surface area contributed by atoms with E-state index in [9.17, 15) is 13.2 Å². The lowest BCUT2D eigenvalue weighted by Gasteiger charge is -2.35. The van der Waals surface area contributed by atoms with Crippen molar-refractivity contribution in [3.05, 3.63) is 82.4 Å². The molecule has 2 atom stereocenters. The van der Waals surface area contributed by atoms with Crippen LogP contribution in [0.5, 0.6) is 11.5 Å². The monoisotopic (exact) mass is 521 g/mol. The summed E-state index contributed by atoms with van der Waals surface area (Å²) in [5.74, 6) is 1.76. The van der Waals surface area contributed by atoms with E-state index in [1.165, 1.54) is 6.07 Å². The first-order chi connectivity index (χ1) is 17.3. The molecule has 1 heterocycles. The Morgan fingerprint density at radius 3 is 2.56 bits per heavy atom. The number of alkyl halides is 2. The molecular weight excluding hydrogens is 491 g/mol. The third-order valence-corrected chi connectivity index (χ3v) is 7.19. The van der Waals surface area contributed by atoms with E-state index in [0.717, 1.165) is 38.0 Å². The van der Waals surface area contributed by atoms with Gasteiger partial charge < -0.3 is 19.1 Å². The molecule has 0 radical (unpaired) electrons. The van der Waals surface area contributed by atoms with Crippen molar-refractivity contribution in [3.8, 4) is 11.5 Å². The van der Waals surface area contributed by atoms with Crippen molar-refractivity contribution in [1.82, 2.24) is 4.90 Å². The number of rotatable bonds is 9. The second-order valence-corrected chi connectivity index (χ2v) is 9.78. The average molecular weight is 522 g/mol. The minimum absolute atomic E-state index is 0.0695. The molecule has 1 fully saturated rings. The highest BCUT2D eigenvalue weighted by molar-refractivity contribution is 6.30. The van der Waals surface area contributed by atoms with Gasteiger partial charge in [-0.1, -0.05) is 36.7 Å². The molecule has 1 saturated heterocycles. The number of hydrogen-bond donors (Lipinski definition) is 0. The zero-order valence-electron chi connectivity index (χ0n) is 20.4. The largest absolute Gasteiger partial charge is 0.493 e. The predicted octanol–water partition coefficient (Wildman–Crippen LogP) is 7.19. The molecule has 2 unspecified atom stereocenters. The first-order valence-electron chi connectivity index (χ1n) is 12.1. The number of ether oxygens (including phenoxy) is 3. The van der Waals surface area contributed by atoms with Crippen molar-refractivity contribution in [2.75, 3.05) is 26.7 Å². The van der Waals surface area contributed by atoms with Crippen molar-refractivity contribution in [1.29, 1.82) is 0 Å². The Bertz CT molecular complexity index is 1100. The highest BCUT2D eigenvalue weighted by Gasteiger charge is 2.26. The van der Waals surface area contributed by atoms with E-state index in [0.29, 0.717) is 28.0 Å². The summed E-state index contributed by atoms with van der Waals surface area (Å²) in [6, 6.07) is 10.5. The summed E-state index contributed by atoms with van der Waals surface area (Å²) in [4.78, 5) is 2.39. The molecule has 0 aromatic heterocycles. The SMILES string of the molecule is COc1ccc(C2CCN(CC3C=C(OC(F)F)C=CC3C)CC2)cc1OCc1ccc(Cl)cc1F. The number of halogens is 4. The molecule has 0 bridgehead atoms. The van der Waals surface area contributed by atoms with Crippen molar-refractivity contribution >= 4 is 11.6 Å². The number of methoxy groups -OCH3 is 1. The van der Waals surface area contributed by atoms with Gasteiger partial charge in [-0.05, 0) is 85.7 Å². The normalized spacial score (nSPS) is 20.9. The smallest absolute Gasteiger partial charge is 0.387 e. The summed E-state index contributed by atoms with van der Waals surface area (Å²) >= 11 is 5.84. The van der Waals surface area contributed by atoms with E-state index in [1.54, 1.807) is 25.3 Å². The lowest BCUT2D eigenvalue weighted by Crippen LogP contribution is -2.38. The van der Waals surface area contributed by atoms with Crippen LogP contribution in [0, 0.1) is 17.7 Å². The Hall–Kier alpha value is -2.64. The maximum Gasteiger partial charge on any atom is 0.387 e. The van der Waals surface area contributed by atoms with E-state index in [-0.39, 0.29) is 24.2 Å². The van der Waals surface area contributed by atoms with Gasteiger partial charge in [-0.2, -0.15) is 8.78 Å². The van der Waals surface area contributed by atoms with Crippen molar-refractivity contribution in [2.45, 2.75) is 38.9 Å². The van der Waals surface area contributed by atoms with Gasteiger partial charge in [0, 0.05) is 17.1 Å². The van der Waals surface area contributed by atoms with Crippen molar-refractivity contribution in [3.63, 3.8) is 0 Å². The Balaban J connectivity index is 1.36. The average Bonchev–Trinajstić information content (AvgIpc) is 2.85. The second-order valence-electron chi connectivity index (χ2n) is 9.34. The third-order valence-electron chi connectivity index (χ3n) is 6.96. The molecule has 0 N–H and O–H groups in total. The van der Waals surface area contributed by atoms with Crippen LogP contribution in [0.3, 0.4) is 0 Å². The van der Waals surface area contributed by atoms with Crippen LogP contribution in [-0.2, 0) is 11.3 Å². The Labute approximate surface area is 215 Å². The number of benzene rings is 2. The fourth-order valence-corrected chi connectivity index (χ4v) is 4.97. The predicted molar refractivity (Wildman–Crippen MR) is 134 cm³/mol. The van der Waals surface area contributed by atoms with E-state index in [1.807, 2.05) is 24.3 Å². The van der Waals surface area contributed by atoms with Crippen molar-refractivity contribution < 1.29 is 27.4 Å². The topological polar surface area (TPSA) is 30.9 Å². The lowest BCUT2D eigenvalue weighted by atomic mass is 9.86. The molecule has 36 heavy (non-hydrogen) atoms. The van der Waals surface area contributed by atoms with Crippen molar-refractivity contribution in [2.24, 2.45) is 11.8 Å². The fraction of sp³-hybridized carbons (Fsp3) is 0.429. The molecule has 4 rings (SSSR count). The summed E-state index contributed by atoms with van der Waals surface area (Å²) in [6.45, 7) is 1.98. The molecular formula is C28H31ClF3NO3. The molecule has 1 aliphatic heterocycles. The minimum atomic E-state index is -2.81. The number of allylic oxidation sites excluding steroid dienone is 2. The van der Waals surface area contributed by atoms with E-state index in [2.05, 4.69) is 22.6 Å². The fourth-order valence-electron chi connectivity index (χ4n) is 4.81. The molecule has 2 aromatic rings. The van der Waals surface area contributed by atoms with Gasteiger partial charge in [-0.15, -0.1) is 0 Å². The first-order valence-corrected chi connectivity index (χ1v) is 12.5. The molecule has 8 heteroatoms. The zero-order chi connectivity index (χ0) is 25.7. The Morgan fingerprint density at radius 1 is 1.08 bits per heavy atom. The van der Waals surface area contributed by atoms with Gasteiger partial charge >= 0.3 is 6.61 Å². The second kappa shape index (κ2) is 12.1. The van der Waals surface area contributed by atoms with E-state index >= 15 is 0 Å². The summed E-state index contributed by atoms with van der Waals surface area (Å²) in [5.41, 5.74) is 1.58. The maximum atomic E-state index is 14.2. The molecule has 0 spiro atoms. The number of hydrogen-bond acceptors (Lipinski definition) is 4. The van der Waals surface area contributed by atoms with Gasteiger partial charge in [-0.25, -0.2) is 4.39 Å². The number of piperidine rings is 1. The maximum absolute atomic E-state index is 14.2. The third kappa shape index (κ3) is 6.77. The van der Waals surface area contributed by atoms with Gasteiger partial charge in [0.1, 0.15) is 18.2 Å². The van der Waals surface area contributed by atoms with Crippen LogP contribution in [-0.4, -0.2) is 38.3 Å². The van der Waals surface area contributed by atoms with Crippen LogP contribution in [0.4, 0.5) is 13.2 Å². The van der Waals surface area contributed by atoms with Crippen LogP contribution >= 0.6 is 11.6 Å². The number of nitrogens with zero attached hydrogens (tertiary/aromatic N) is 1. The summed E-state index contributed by atoms with van der Waals surface area (Å²) in [5, 5.41) is 0.342. The molecule has 2 aliphatic rings. The highest BCUT2D eigenvalue weighted by atomic mass is 35.5. The Kier molecular flexibility index (Phi) is 8.86. The summed E-state index contributed by atoms with van der Waals surface area (Å²) in [6.07, 6.45) is 7.32. The quantitative estimate of drug-likeness (QED) is 0.349. The lowest BCUT2D eigenvalue weighted by molar-refractivity contribution is -0.0931. The zero-order valence-corrected chi connectivity index (χ0v) is 21.2. The van der Waals surface area contributed by atoms with E-state index < -0.39 is 12.4 Å². The molecule has 4 nitrogen and oxygen atoms in total. The number of likely N-dealkylation sites (tertiary alicyclic amines) is 1. The standard InChI is InChI=1S/C28H31ClF3NO3/c1-18-3-7-24(36-28(31)32)13-22(18)16-33-11-9-19(10-12-33)20-5-8-26(34-2)27(14-20)35-17-21-4-6-23(29)15-25(21)30/h3-8,13-15,18-19,22,28H,9-12,16-17H2,1-2H3. The Morgan fingerprint density at radius 2 is 1.86 bits per heavy atom. The molecule has 0 amide bonds. The highest BCUT2D eigenvalue weighted by Crippen LogP contribution is 2.36. The van der Waals surface area contributed by atoms with E-state index in [4.69, 9.17) is 21.1 Å². The summed E-state index contributed by atoms with van der Waals surface area (Å²) in [7, 11) is 1.58. The van der Waals surface area contributed by atoms with Crippen LogP contribution in [0.1, 0.15) is 36.8 Å². The van der Waals surface area contributed by atoms with Gasteiger partial charge in [0.15, 0.2) is 11.5 Å². The molecule has 0 saturated carbocycles.